The highest BCUT2D eigenvalue weighted by atomic mass is 32.2. The third-order valence-electron chi connectivity index (χ3n) is 6.16. The summed E-state index contributed by atoms with van der Waals surface area (Å²) in [6.07, 6.45) is -3.40. The second kappa shape index (κ2) is 11.1. The number of nitrogens with zero attached hydrogens (tertiary/aromatic N) is 4. The van der Waals surface area contributed by atoms with Gasteiger partial charge in [0.25, 0.3) is 11.6 Å². The highest BCUT2D eigenvalue weighted by Gasteiger charge is 2.31. The molecule has 3 aromatic rings. The minimum Gasteiger partial charge on any atom is -0.435 e. The van der Waals surface area contributed by atoms with Gasteiger partial charge in [0.05, 0.1) is 22.3 Å². The fourth-order valence-corrected chi connectivity index (χ4v) is 4.93. The number of nitro groups is 1. The molecule has 0 radical (unpaired) electrons. The van der Waals surface area contributed by atoms with E-state index in [4.69, 9.17) is 4.42 Å². The van der Waals surface area contributed by atoms with E-state index >= 15 is 0 Å². The smallest absolute Gasteiger partial charge is 0.416 e. The largest absolute Gasteiger partial charge is 0.435 e. The fraction of sp³-hybridized carbons (Fsp3) is 0.333. The van der Waals surface area contributed by atoms with Gasteiger partial charge in [0.2, 0.25) is 15.9 Å². The number of benzene rings is 2. The zero-order valence-electron chi connectivity index (χ0n) is 20.6. The number of piperazine rings is 1. The van der Waals surface area contributed by atoms with Crippen LogP contribution in [0, 0.1) is 10.1 Å². The van der Waals surface area contributed by atoms with Crippen LogP contribution in [0.3, 0.4) is 0 Å². The van der Waals surface area contributed by atoms with E-state index in [1.54, 1.807) is 0 Å². The van der Waals surface area contributed by atoms with Gasteiger partial charge in [-0.1, -0.05) is 12.1 Å². The van der Waals surface area contributed by atoms with E-state index in [2.05, 4.69) is 10.3 Å². The second-order valence-electron chi connectivity index (χ2n) is 8.81. The van der Waals surface area contributed by atoms with Gasteiger partial charge in [-0.3, -0.25) is 19.8 Å². The summed E-state index contributed by atoms with van der Waals surface area (Å²) in [7, 11) is -3.28. The first-order chi connectivity index (χ1) is 18.3. The number of carbonyl (C=O) groups excluding carboxylic acids is 1. The number of oxazole rings is 1. The number of nitro benzene ring substituents is 1. The van der Waals surface area contributed by atoms with Gasteiger partial charge >= 0.3 is 6.18 Å². The number of halogens is 3. The van der Waals surface area contributed by atoms with E-state index in [9.17, 15) is 36.5 Å². The normalized spacial score (nSPS) is 15.3. The number of rotatable bonds is 8. The van der Waals surface area contributed by atoms with Crippen molar-refractivity contribution >= 4 is 21.6 Å². The summed E-state index contributed by atoms with van der Waals surface area (Å²) < 4.78 is 69.4. The maximum Gasteiger partial charge on any atom is 0.416 e. The molecule has 0 aliphatic carbocycles. The van der Waals surface area contributed by atoms with Crippen LogP contribution >= 0.6 is 0 Å². The van der Waals surface area contributed by atoms with Crippen LogP contribution in [0.1, 0.15) is 16.1 Å². The van der Waals surface area contributed by atoms with E-state index in [-0.39, 0.29) is 40.7 Å². The Hall–Kier alpha value is -3.82. The van der Waals surface area contributed by atoms with E-state index in [0.717, 1.165) is 30.5 Å². The SMILES string of the molecule is CS(=O)(=O)N1CCN(CCNC(=O)c2nc(-c3ccc(C(F)(F)F)cc3)oc2-c2ccccc2[N+](=O)[O-])CC1. The molecule has 4 rings (SSSR count). The van der Waals surface area contributed by atoms with Crippen LogP contribution in [-0.2, 0) is 16.2 Å². The molecule has 1 fully saturated rings. The van der Waals surface area contributed by atoms with Gasteiger partial charge in [0.1, 0.15) is 0 Å². The lowest BCUT2D eigenvalue weighted by atomic mass is 10.1. The van der Waals surface area contributed by atoms with Gasteiger partial charge in [-0.2, -0.15) is 17.5 Å². The average molecular weight is 568 g/mol. The van der Waals surface area contributed by atoms with E-state index in [1.165, 1.54) is 28.6 Å². The molecule has 1 saturated heterocycles. The molecule has 2 heterocycles. The summed E-state index contributed by atoms with van der Waals surface area (Å²) >= 11 is 0. The first-order valence-electron chi connectivity index (χ1n) is 11.7. The van der Waals surface area contributed by atoms with Crippen molar-refractivity contribution in [3.05, 3.63) is 69.9 Å². The Kier molecular flexibility index (Phi) is 8.04. The second-order valence-corrected chi connectivity index (χ2v) is 10.8. The Bertz CT molecular complexity index is 1470. The van der Waals surface area contributed by atoms with Gasteiger partial charge in [0, 0.05) is 50.9 Å². The molecule has 208 valence electrons. The molecule has 1 amide bonds. The van der Waals surface area contributed by atoms with Gasteiger partial charge in [0.15, 0.2) is 11.5 Å². The molecule has 1 aliphatic rings. The van der Waals surface area contributed by atoms with Crippen molar-refractivity contribution in [2.24, 2.45) is 0 Å². The molecular formula is C24H24F3N5O6S. The molecule has 0 spiro atoms. The topological polar surface area (TPSA) is 139 Å². The van der Waals surface area contributed by atoms with Crippen molar-refractivity contribution in [2.75, 3.05) is 45.5 Å². The summed E-state index contributed by atoms with van der Waals surface area (Å²) in [4.78, 5) is 30.2. The quantitative estimate of drug-likeness (QED) is 0.323. The minimum absolute atomic E-state index is 0.0183. The molecular weight excluding hydrogens is 543 g/mol. The summed E-state index contributed by atoms with van der Waals surface area (Å²) in [5.74, 6) is -1.07. The van der Waals surface area contributed by atoms with Crippen LogP contribution in [0.15, 0.2) is 52.9 Å². The van der Waals surface area contributed by atoms with Crippen LogP contribution in [-0.4, -0.2) is 79.0 Å². The fourth-order valence-electron chi connectivity index (χ4n) is 4.10. The first-order valence-corrected chi connectivity index (χ1v) is 13.6. The number of hydrogen-bond acceptors (Lipinski definition) is 8. The number of carbonyl (C=O) groups is 1. The van der Waals surface area contributed by atoms with E-state index in [0.29, 0.717) is 32.7 Å². The standard InChI is InChI=1S/C24H24F3N5O6S/c1-39(36,37)31-14-12-30(13-15-31)11-10-28-22(33)20-21(18-4-2-3-5-19(18)32(34)35)38-23(29-20)16-6-8-17(9-7-16)24(25,26)27/h2-9H,10-15H2,1H3,(H,28,33). The molecule has 0 saturated carbocycles. The third kappa shape index (κ3) is 6.61. The third-order valence-corrected chi connectivity index (χ3v) is 7.46. The predicted molar refractivity (Wildman–Crippen MR) is 134 cm³/mol. The molecule has 39 heavy (non-hydrogen) atoms. The van der Waals surface area contributed by atoms with Crippen LogP contribution in [0.5, 0.6) is 0 Å². The lowest BCUT2D eigenvalue weighted by Crippen LogP contribution is -2.49. The number of sulfonamides is 1. The number of nitrogens with one attached hydrogen (secondary N) is 1. The van der Waals surface area contributed by atoms with E-state index < -0.39 is 32.6 Å². The Labute approximate surface area is 221 Å². The molecule has 0 atom stereocenters. The molecule has 0 bridgehead atoms. The molecule has 1 N–H and O–H groups in total. The van der Waals surface area contributed by atoms with Gasteiger partial charge in [-0.05, 0) is 30.3 Å². The Morgan fingerprint density at radius 2 is 1.74 bits per heavy atom. The highest BCUT2D eigenvalue weighted by Crippen LogP contribution is 2.36. The van der Waals surface area contributed by atoms with E-state index in [1.807, 2.05) is 4.90 Å². The van der Waals surface area contributed by atoms with Gasteiger partial charge < -0.3 is 9.73 Å². The minimum atomic E-state index is -4.55. The number of alkyl halides is 3. The van der Waals surface area contributed by atoms with Crippen molar-refractivity contribution in [1.82, 2.24) is 19.5 Å². The van der Waals surface area contributed by atoms with Crippen molar-refractivity contribution in [1.29, 1.82) is 0 Å². The molecule has 11 nitrogen and oxygen atoms in total. The van der Waals surface area contributed by atoms with Crippen molar-refractivity contribution in [2.45, 2.75) is 6.18 Å². The van der Waals surface area contributed by atoms with Crippen molar-refractivity contribution in [3.8, 4) is 22.8 Å². The Balaban J connectivity index is 1.56. The van der Waals surface area contributed by atoms with Gasteiger partial charge in [-0.25, -0.2) is 13.4 Å². The summed E-state index contributed by atoms with van der Waals surface area (Å²) in [5.41, 5.74) is -1.36. The molecule has 1 aliphatic heterocycles. The number of amides is 1. The molecule has 15 heteroatoms. The predicted octanol–water partition coefficient (Wildman–Crippen LogP) is 3.24. The molecule has 1 aromatic heterocycles. The lowest BCUT2D eigenvalue weighted by Gasteiger charge is -2.33. The zero-order valence-corrected chi connectivity index (χ0v) is 21.5. The number of hydrogen-bond donors (Lipinski definition) is 1. The first kappa shape index (κ1) is 28.2. The van der Waals surface area contributed by atoms with Crippen molar-refractivity contribution in [3.63, 3.8) is 0 Å². The summed E-state index contributed by atoms with van der Waals surface area (Å²) in [6.45, 7) is 2.19. The Morgan fingerprint density at radius 1 is 1.10 bits per heavy atom. The number of aromatic nitrogens is 1. The van der Waals surface area contributed by atoms with Gasteiger partial charge in [-0.15, -0.1) is 0 Å². The Morgan fingerprint density at radius 3 is 2.33 bits per heavy atom. The summed E-state index contributed by atoms with van der Waals surface area (Å²) in [6, 6.07) is 9.52. The van der Waals surface area contributed by atoms with Crippen LogP contribution < -0.4 is 5.32 Å². The molecule has 2 aromatic carbocycles. The maximum atomic E-state index is 13.1. The highest BCUT2D eigenvalue weighted by molar-refractivity contribution is 7.88. The van der Waals surface area contributed by atoms with Crippen LogP contribution in [0.2, 0.25) is 0 Å². The van der Waals surface area contributed by atoms with Crippen molar-refractivity contribution < 1.29 is 35.7 Å². The molecule has 0 unspecified atom stereocenters. The monoisotopic (exact) mass is 567 g/mol. The maximum absolute atomic E-state index is 13.1. The number of para-hydroxylation sites is 1. The average Bonchev–Trinajstić information content (AvgIpc) is 3.33. The lowest BCUT2D eigenvalue weighted by molar-refractivity contribution is -0.384. The van der Waals surface area contributed by atoms with Crippen LogP contribution in [0.4, 0.5) is 18.9 Å². The summed E-state index contributed by atoms with van der Waals surface area (Å²) in [5, 5.41) is 14.3. The van der Waals surface area contributed by atoms with Crippen LogP contribution in [0.25, 0.3) is 22.8 Å². The zero-order chi connectivity index (χ0) is 28.4.